The standard InChI is InChI=1S/C13H11NOS.C13H9NO.Be/c15-11-7-3-1-5-9(11)13-14-10-6-2-4-8-12(10)16-13;15-11-5-1-3-9-6-7-10-4-2-8-14-13(10)12(9)11;/h2-4,6-8,15H,1,5H2;1-8,15H;/q;;+2. The number of hydrogen-bond acceptors (Lipinski definition) is 3. The number of hydrogen-bond donors (Lipinski definition) is 0. The van der Waals surface area contributed by atoms with Crippen molar-refractivity contribution in [3.8, 4) is 5.75 Å². The zero-order valence-corrected chi connectivity index (χ0v) is 18.2. The summed E-state index contributed by atoms with van der Waals surface area (Å²) in [6.07, 6.45) is 7.27. The van der Waals surface area contributed by atoms with E-state index in [0.29, 0.717) is 0 Å². The van der Waals surface area contributed by atoms with E-state index in [2.05, 4.69) is 16.0 Å². The maximum atomic E-state index is 11.8. The maximum absolute atomic E-state index is 11.8. The minimum atomic E-state index is 0. The van der Waals surface area contributed by atoms with Crippen molar-refractivity contribution in [1.82, 2.24) is 0 Å². The van der Waals surface area contributed by atoms with Crippen molar-refractivity contribution < 1.29 is 20.2 Å². The number of rotatable bonds is 1. The molecule has 2 aromatic heterocycles. The normalized spacial score (nSPS) is 13.1. The van der Waals surface area contributed by atoms with Crippen LogP contribution in [0.3, 0.4) is 0 Å². The Kier molecular flexibility index (Phi) is 6.31. The van der Waals surface area contributed by atoms with Gasteiger partial charge in [-0.05, 0) is 36.4 Å². The number of H-pyrrole nitrogens is 2. The number of allylic oxidation sites excluding steroid dienone is 3. The minimum absolute atomic E-state index is 0. The molecule has 32 heavy (non-hydrogen) atoms. The molecule has 0 saturated heterocycles. The molecule has 0 amide bonds. The number of para-hydroxylation sites is 1. The molecular formula is C26H20BeN2O2S+2. The van der Waals surface area contributed by atoms with E-state index in [-0.39, 0.29) is 21.6 Å². The molecule has 1 aliphatic carbocycles. The zero-order valence-electron chi connectivity index (χ0n) is 17.4. The Morgan fingerprint density at radius 1 is 0.844 bits per heavy atom. The number of pyridine rings is 1. The third-order valence-electron chi connectivity index (χ3n) is 5.39. The first-order valence-corrected chi connectivity index (χ1v) is 11.0. The van der Waals surface area contributed by atoms with Crippen molar-refractivity contribution in [2.24, 2.45) is 0 Å². The smallest absolute Gasteiger partial charge is 0.872 e. The first kappa shape index (κ1) is 21.7. The van der Waals surface area contributed by atoms with Crippen molar-refractivity contribution in [3.63, 3.8) is 0 Å². The SMILES string of the molecule is [Be+2].[O-]C1=C(c2[nH+]c3ccccc3s2)CCC=C1.[O-]c1cccc2ccc3ccc[nH+]c3c12. The summed E-state index contributed by atoms with van der Waals surface area (Å²) in [5.74, 6) is 0.217. The molecule has 6 rings (SSSR count). The van der Waals surface area contributed by atoms with Crippen LogP contribution in [-0.2, 0) is 0 Å². The number of nitrogens with one attached hydrogen (secondary N) is 2. The van der Waals surface area contributed by atoms with Gasteiger partial charge in [-0.25, -0.2) is 4.98 Å². The topological polar surface area (TPSA) is 74.4 Å². The summed E-state index contributed by atoms with van der Waals surface area (Å²) in [4.78, 5) is 6.46. The molecule has 152 valence electrons. The summed E-state index contributed by atoms with van der Waals surface area (Å²) < 4.78 is 1.20. The van der Waals surface area contributed by atoms with Crippen LogP contribution in [0, 0.1) is 0 Å². The Morgan fingerprint density at radius 2 is 1.66 bits per heavy atom. The zero-order chi connectivity index (χ0) is 21.2. The molecule has 0 saturated carbocycles. The van der Waals surface area contributed by atoms with Crippen molar-refractivity contribution >= 4 is 58.9 Å². The Hall–Kier alpha value is -3.53. The number of aromatic amines is 2. The van der Waals surface area contributed by atoms with Gasteiger partial charge in [-0.15, -0.1) is 0 Å². The van der Waals surface area contributed by atoms with Gasteiger partial charge in [-0.2, -0.15) is 4.98 Å². The fourth-order valence-corrected chi connectivity index (χ4v) is 4.94. The second-order valence-corrected chi connectivity index (χ2v) is 8.44. The molecule has 0 radical (unpaired) electrons. The molecule has 0 fully saturated rings. The van der Waals surface area contributed by atoms with Gasteiger partial charge >= 0.3 is 10.1 Å². The average molecular weight is 434 g/mol. The van der Waals surface area contributed by atoms with Gasteiger partial charge in [-0.3, -0.25) is 0 Å². The van der Waals surface area contributed by atoms with Crippen molar-refractivity contribution in [2.45, 2.75) is 12.8 Å². The number of aromatic nitrogens is 2. The first-order chi connectivity index (χ1) is 15.2. The Morgan fingerprint density at radius 3 is 2.50 bits per heavy atom. The molecule has 0 aliphatic heterocycles. The first-order valence-electron chi connectivity index (χ1n) is 10.2. The molecule has 4 nitrogen and oxygen atoms in total. The number of fused-ring (bicyclic) bond motifs is 4. The average Bonchev–Trinajstić information content (AvgIpc) is 3.24. The fourth-order valence-electron chi connectivity index (χ4n) is 3.86. The quantitative estimate of drug-likeness (QED) is 0.299. The molecule has 0 atom stereocenters. The molecule has 0 bridgehead atoms. The van der Waals surface area contributed by atoms with Gasteiger partial charge in [0.1, 0.15) is 4.70 Å². The van der Waals surface area contributed by atoms with E-state index in [4.69, 9.17) is 0 Å². The summed E-state index contributed by atoms with van der Waals surface area (Å²) in [5.41, 5.74) is 2.95. The molecule has 5 aromatic rings. The predicted octanol–water partition coefficient (Wildman–Crippen LogP) is 3.64. The van der Waals surface area contributed by atoms with Crippen LogP contribution >= 0.6 is 11.3 Å². The number of thiazole rings is 1. The van der Waals surface area contributed by atoms with Gasteiger partial charge in [-0.1, -0.05) is 71.4 Å². The van der Waals surface area contributed by atoms with Gasteiger partial charge < -0.3 is 10.2 Å². The summed E-state index contributed by atoms with van der Waals surface area (Å²) in [6, 6.07) is 21.4. The van der Waals surface area contributed by atoms with Crippen LogP contribution in [0.15, 0.2) is 90.8 Å². The van der Waals surface area contributed by atoms with Crippen molar-refractivity contribution in [1.29, 1.82) is 0 Å². The minimum Gasteiger partial charge on any atom is -0.872 e. The van der Waals surface area contributed by atoms with Crippen LogP contribution < -0.4 is 20.2 Å². The van der Waals surface area contributed by atoms with E-state index in [0.717, 1.165) is 50.6 Å². The molecule has 3 aromatic carbocycles. The molecular weight excluding hydrogens is 413 g/mol. The van der Waals surface area contributed by atoms with Crippen LogP contribution in [0.25, 0.3) is 37.5 Å². The van der Waals surface area contributed by atoms with Crippen LogP contribution in [0.5, 0.6) is 5.75 Å². The molecule has 1 aliphatic rings. The summed E-state index contributed by atoms with van der Waals surface area (Å²) in [5, 5.41) is 27.3. The predicted molar refractivity (Wildman–Crippen MR) is 127 cm³/mol. The van der Waals surface area contributed by atoms with E-state index in [1.807, 2.05) is 60.8 Å². The van der Waals surface area contributed by atoms with Crippen LogP contribution in [-0.4, -0.2) is 10.1 Å². The van der Waals surface area contributed by atoms with E-state index >= 15 is 0 Å². The summed E-state index contributed by atoms with van der Waals surface area (Å²) >= 11 is 1.66. The summed E-state index contributed by atoms with van der Waals surface area (Å²) in [7, 11) is 0. The van der Waals surface area contributed by atoms with E-state index in [1.54, 1.807) is 29.5 Å². The van der Waals surface area contributed by atoms with E-state index < -0.39 is 0 Å². The van der Waals surface area contributed by atoms with Gasteiger partial charge in [0, 0.05) is 28.5 Å². The molecule has 0 spiro atoms. The number of benzene rings is 3. The van der Waals surface area contributed by atoms with Gasteiger partial charge in [0.25, 0.3) is 5.01 Å². The largest absolute Gasteiger partial charge is 2.00 e. The molecule has 2 N–H and O–H groups in total. The third kappa shape index (κ3) is 4.13. The second kappa shape index (κ2) is 9.31. The van der Waals surface area contributed by atoms with Crippen LogP contribution in [0.1, 0.15) is 17.8 Å². The van der Waals surface area contributed by atoms with Crippen molar-refractivity contribution in [2.75, 3.05) is 0 Å². The maximum Gasteiger partial charge on any atom is 2.00 e. The Bertz CT molecular complexity index is 1440. The molecule has 2 heterocycles. The van der Waals surface area contributed by atoms with Gasteiger partial charge in [0.05, 0.1) is 0 Å². The fraction of sp³-hybridized carbons (Fsp3) is 0.0769. The van der Waals surface area contributed by atoms with Gasteiger partial charge in [0.2, 0.25) is 11.0 Å². The molecule has 0 unspecified atom stereocenters. The monoisotopic (exact) mass is 433 g/mol. The van der Waals surface area contributed by atoms with Gasteiger partial charge in [0.15, 0.2) is 6.20 Å². The summed E-state index contributed by atoms with van der Waals surface area (Å²) in [6.45, 7) is 0. The van der Waals surface area contributed by atoms with E-state index in [9.17, 15) is 10.2 Å². The Balaban J connectivity index is 0.000000149. The van der Waals surface area contributed by atoms with Crippen LogP contribution in [0.2, 0.25) is 0 Å². The second-order valence-electron chi connectivity index (χ2n) is 7.39. The van der Waals surface area contributed by atoms with Crippen LogP contribution in [0.4, 0.5) is 0 Å². The third-order valence-corrected chi connectivity index (χ3v) is 6.52. The van der Waals surface area contributed by atoms with E-state index in [1.165, 1.54) is 4.70 Å². The van der Waals surface area contributed by atoms with Crippen molar-refractivity contribution in [3.05, 3.63) is 95.8 Å². The Labute approximate surface area is 193 Å². The molecule has 6 heteroatoms.